The van der Waals surface area contributed by atoms with Crippen molar-refractivity contribution in [2.45, 2.75) is 45.3 Å². The lowest BCUT2D eigenvalue weighted by Gasteiger charge is -2.35. The van der Waals surface area contributed by atoms with E-state index in [0.29, 0.717) is 21.3 Å². The molecule has 0 aromatic heterocycles. The van der Waals surface area contributed by atoms with Crippen molar-refractivity contribution in [3.8, 4) is 0 Å². The average Bonchev–Trinajstić information content (AvgIpc) is 2.95. The van der Waals surface area contributed by atoms with Gasteiger partial charge in [-0.3, -0.25) is 9.59 Å². The Morgan fingerprint density at radius 2 is 1.62 bits per heavy atom. The van der Waals surface area contributed by atoms with Crippen molar-refractivity contribution >= 4 is 50.9 Å². The summed E-state index contributed by atoms with van der Waals surface area (Å²) in [5.74, 6) is -1.96. The molecule has 0 fully saturated rings. The van der Waals surface area contributed by atoms with E-state index in [2.05, 4.69) is 5.32 Å². The topological polar surface area (TPSA) is 90.0 Å². The van der Waals surface area contributed by atoms with Crippen LogP contribution in [0.2, 0.25) is 10.0 Å². The third kappa shape index (κ3) is 8.44. The van der Waals surface area contributed by atoms with E-state index in [1.807, 2.05) is 44.2 Å². The number of hydrogen-bond donors (Lipinski definition) is 1. The standard InChI is InChI=1S/C30H35Cl2FN4O4S/c1-5-21(2)34-30(39)28(17-22-11-7-6-8-12-22)36(19-23-15-16-24(31)18-25(23)32)29(38)20-37(42(40,41)35(3)4)27-14-10-9-13-26(27)33/h6-16,18,21,28H,5,17,19-20H2,1-4H3,(H,34,39)/t21-,28-/m0/s1. The predicted octanol–water partition coefficient (Wildman–Crippen LogP) is 5.30. The molecule has 0 radical (unpaired) electrons. The molecule has 0 saturated carbocycles. The van der Waals surface area contributed by atoms with Gasteiger partial charge in [-0.25, -0.2) is 8.70 Å². The molecular formula is C30H35Cl2FN4O4S. The Morgan fingerprint density at radius 3 is 2.21 bits per heavy atom. The van der Waals surface area contributed by atoms with Crippen LogP contribution in [0.15, 0.2) is 72.8 Å². The predicted molar refractivity (Wildman–Crippen MR) is 165 cm³/mol. The smallest absolute Gasteiger partial charge is 0.304 e. The van der Waals surface area contributed by atoms with Gasteiger partial charge in [0.05, 0.1) is 5.69 Å². The third-order valence-electron chi connectivity index (χ3n) is 6.77. The van der Waals surface area contributed by atoms with E-state index in [9.17, 15) is 22.4 Å². The van der Waals surface area contributed by atoms with E-state index in [4.69, 9.17) is 23.2 Å². The van der Waals surface area contributed by atoms with Gasteiger partial charge in [0.15, 0.2) is 0 Å². The van der Waals surface area contributed by atoms with E-state index >= 15 is 0 Å². The van der Waals surface area contributed by atoms with E-state index in [1.54, 1.807) is 12.1 Å². The molecule has 8 nitrogen and oxygen atoms in total. The fourth-order valence-corrected chi connectivity index (χ4v) is 5.72. The summed E-state index contributed by atoms with van der Waals surface area (Å²) < 4.78 is 43.3. The van der Waals surface area contributed by atoms with Crippen LogP contribution < -0.4 is 9.62 Å². The van der Waals surface area contributed by atoms with Crippen LogP contribution in [0.3, 0.4) is 0 Å². The normalized spacial score (nSPS) is 13.0. The summed E-state index contributed by atoms with van der Waals surface area (Å²) in [6, 6.07) is 18.0. The van der Waals surface area contributed by atoms with Crippen LogP contribution in [0, 0.1) is 5.82 Å². The van der Waals surface area contributed by atoms with Gasteiger partial charge in [0.2, 0.25) is 11.8 Å². The maximum atomic E-state index is 14.9. The van der Waals surface area contributed by atoms with Gasteiger partial charge in [-0.15, -0.1) is 0 Å². The maximum absolute atomic E-state index is 14.9. The van der Waals surface area contributed by atoms with Gasteiger partial charge in [0, 0.05) is 43.1 Å². The van der Waals surface area contributed by atoms with Gasteiger partial charge in [0.25, 0.3) is 0 Å². The van der Waals surface area contributed by atoms with E-state index in [1.165, 1.54) is 43.3 Å². The molecule has 226 valence electrons. The minimum absolute atomic E-state index is 0.132. The molecule has 3 rings (SSSR count). The SMILES string of the molecule is CC[C@H](C)NC(=O)[C@H](Cc1ccccc1)N(Cc1ccc(Cl)cc1Cl)C(=O)CN(c1ccccc1F)S(=O)(=O)N(C)C. The number of amides is 2. The van der Waals surface area contributed by atoms with Crippen molar-refractivity contribution in [3.63, 3.8) is 0 Å². The summed E-state index contributed by atoms with van der Waals surface area (Å²) >= 11 is 12.6. The molecule has 12 heteroatoms. The summed E-state index contributed by atoms with van der Waals surface area (Å²) in [7, 11) is -1.75. The number of nitrogens with zero attached hydrogens (tertiary/aromatic N) is 3. The largest absolute Gasteiger partial charge is 0.352 e. The molecule has 0 aliphatic rings. The fourth-order valence-electron chi connectivity index (χ4n) is 4.18. The summed E-state index contributed by atoms with van der Waals surface area (Å²) in [4.78, 5) is 29.2. The average molecular weight is 638 g/mol. The lowest BCUT2D eigenvalue weighted by molar-refractivity contribution is -0.140. The molecule has 0 unspecified atom stereocenters. The Hall–Kier alpha value is -3.18. The first-order chi connectivity index (χ1) is 19.8. The molecule has 3 aromatic carbocycles. The zero-order valence-electron chi connectivity index (χ0n) is 23.9. The van der Waals surface area contributed by atoms with Gasteiger partial charge < -0.3 is 10.2 Å². The van der Waals surface area contributed by atoms with Gasteiger partial charge >= 0.3 is 10.2 Å². The van der Waals surface area contributed by atoms with Crippen molar-refractivity contribution in [3.05, 3.63) is 99.8 Å². The molecule has 0 saturated heterocycles. The first-order valence-corrected chi connectivity index (χ1v) is 15.5. The highest BCUT2D eigenvalue weighted by atomic mass is 35.5. The van der Waals surface area contributed by atoms with Crippen molar-refractivity contribution < 1.29 is 22.4 Å². The molecule has 0 aliphatic heterocycles. The second-order valence-corrected chi connectivity index (χ2v) is 12.9. The molecule has 2 amide bonds. The third-order valence-corrected chi connectivity index (χ3v) is 9.16. The van der Waals surface area contributed by atoms with Crippen LogP contribution in [-0.2, 0) is 32.8 Å². The van der Waals surface area contributed by atoms with Crippen LogP contribution in [0.1, 0.15) is 31.4 Å². The van der Waals surface area contributed by atoms with Crippen molar-refractivity contribution in [1.82, 2.24) is 14.5 Å². The highest BCUT2D eigenvalue weighted by molar-refractivity contribution is 7.90. The molecule has 1 N–H and O–H groups in total. The molecule has 0 spiro atoms. The number of nitrogens with one attached hydrogen (secondary N) is 1. The lowest BCUT2D eigenvalue weighted by atomic mass is 10.0. The number of hydrogen-bond acceptors (Lipinski definition) is 4. The van der Waals surface area contributed by atoms with Crippen LogP contribution in [-0.4, -0.2) is 62.2 Å². The Kier molecular flexibility index (Phi) is 11.8. The van der Waals surface area contributed by atoms with Crippen LogP contribution in [0.4, 0.5) is 10.1 Å². The Morgan fingerprint density at radius 1 is 0.976 bits per heavy atom. The Balaban J connectivity index is 2.14. The number of halogens is 3. The highest BCUT2D eigenvalue weighted by Crippen LogP contribution is 2.27. The van der Waals surface area contributed by atoms with Gasteiger partial charge in [-0.1, -0.05) is 78.7 Å². The fraction of sp³-hybridized carbons (Fsp3) is 0.333. The van der Waals surface area contributed by atoms with Gasteiger partial charge in [0.1, 0.15) is 18.4 Å². The summed E-state index contributed by atoms with van der Waals surface area (Å²) in [5.41, 5.74) is 0.984. The first-order valence-electron chi connectivity index (χ1n) is 13.4. The minimum atomic E-state index is -4.32. The van der Waals surface area contributed by atoms with Gasteiger partial charge in [-0.2, -0.15) is 12.7 Å². The van der Waals surface area contributed by atoms with Crippen molar-refractivity contribution in [2.24, 2.45) is 0 Å². The molecule has 0 bridgehead atoms. The van der Waals surface area contributed by atoms with E-state index < -0.39 is 40.4 Å². The second-order valence-electron chi connectivity index (χ2n) is 10.0. The quantitative estimate of drug-likeness (QED) is 0.276. The van der Waals surface area contributed by atoms with Crippen LogP contribution in [0.5, 0.6) is 0 Å². The number of rotatable bonds is 13. The minimum Gasteiger partial charge on any atom is -0.352 e. The zero-order valence-corrected chi connectivity index (χ0v) is 26.3. The summed E-state index contributed by atoms with van der Waals surface area (Å²) in [6.45, 7) is 2.87. The van der Waals surface area contributed by atoms with E-state index in [-0.39, 0.29) is 29.7 Å². The van der Waals surface area contributed by atoms with Crippen LogP contribution >= 0.6 is 23.2 Å². The Labute approximate surface area is 257 Å². The number of benzene rings is 3. The molecule has 2 atom stereocenters. The van der Waals surface area contributed by atoms with Crippen molar-refractivity contribution in [1.29, 1.82) is 0 Å². The number of para-hydroxylation sites is 1. The molecule has 42 heavy (non-hydrogen) atoms. The molecule has 0 aliphatic carbocycles. The number of carbonyl (C=O) groups excluding carboxylic acids is 2. The van der Waals surface area contributed by atoms with Gasteiger partial charge in [-0.05, 0) is 48.7 Å². The summed E-state index contributed by atoms with van der Waals surface area (Å²) in [6.07, 6.45) is 0.795. The highest BCUT2D eigenvalue weighted by Gasteiger charge is 2.36. The molecule has 0 heterocycles. The zero-order chi connectivity index (χ0) is 31.0. The second kappa shape index (κ2) is 14.8. The maximum Gasteiger partial charge on any atom is 0.304 e. The first kappa shape index (κ1) is 33.3. The lowest BCUT2D eigenvalue weighted by Crippen LogP contribution is -2.55. The number of anilines is 1. The van der Waals surface area contributed by atoms with E-state index in [0.717, 1.165) is 15.9 Å². The Bertz CT molecular complexity index is 1490. The molecule has 3 aromatic rings. The van der Waals surface area contributed by atoms with Crippen molar-refractivity contribution in [2.75, 3.05) is 24.9 Å². The summed E-state index contributed by atoms with van der Waals surface area (Å²) in [5, 5.41) is 3.61. The monoisotopic (exact) mass is 636 g/mol. The number of carbonyl (C=O) groups is 2. The molecular weight excluding hydrogens is 602 g/mol. The van der Waals surface area contributed by atoms with Crippen LogP contribution in [0.25, 0.3) is 0 Å².